The van der Waals surface area contributed by atoms with Gasteiger partial charge in [-0.05, 0) is 62.0 Å². The van der Waals surface area contributed by atoms with Gasteiger partial charge in [0.25, 0.3) is 11.7 Å². The molecule has 1 aliphatic heterocycles. The number of nitrogens with zero attached hydrogens (tertiary/aromatic N) is 2. The summed E-state index contributed by atoms with van der Waals surface area (Å²) >= 11 is 0. The van der Waals surface area contributed by atoms with E-state index < -0.39 is 17.7 Å². The number of amides is 1. The van der Waals surface area contributed by atoms with Gasteiger partial charge in [-0.3, -0.25) is 9.59 Å². The minimum absolute atomic E-state index is 0.0691. The summed E-state index contributed by atoms with van der Waals surface area (Å²) in [6.07, 6.45) is 1.65. The van der Waals surface area contributed by atoms with E-state index in [1.165, 1.54) is 0 Å². The Kier molecular flexibility index (Phi) is 9.09. The van der Waals surface area contributed by atoms with Crippen molar-refractivity contribution in [3.05, 3.63) is 77.9 Å². The molecule has 1 amide bonds. The second-order valence-corrected chi connectivity index (χ2v) is 8.15. The first-order valence-corrected chi connectivity index (χ1v) is 12.0. The fourth-order valence-corrected chi connectivity index (χ4v) is 4.21. The van der Waals surface area contributed by atoms with Crippen LogP contribution in [0, 0.1) is 0 Å². The highest BCUT2D eigenvalue weighted by molar-refractivity contribution is 6.46. The first kappa shape index (κ1) is 26.0. The minimum Gasteiger partial charge on any atom is -0.507 e. The van der Waals surface area contributed by atoms with Gasteiger partial charge in [0, 0.05) is 18.7 Å². The Hall–Kier alpha value is -3.58. The molecule has 0 unspecified atom stereocenters. The van der Waals surface area contributed by atoms with E-state index in [-0.39, 0.29) is 11.3 Å². The third-order valence-electron chi connectivity index (χ3n) is 6.07. The monoisotopic (exact) mass is 478 g/mol. The zero-order valence-corrected chi connectivity index (χ0v) is 20.7. The lowest BCUT2D eigenvalue weighted by molar-refractivity contribution is -0.140. The number of Topliss-reactive ketones (excluding diaryl/α,β-unsaturated/α-hetero) is 1. The number of aliphatic hydroxyl groups is 1. The van der Waals surface area contributed by atoms with Gasteiger partial charge in [-0.25, -0.2) is 0 Å². The van der Waals surface area contributed by atoms with Crippen LogP contribution in [0.4, 0.5) is 0 Å². The number of benzene rings is 2. The van der Waals surface area contributed by atoms with Gasteiger partial charge < -0.3 is 24.4 Å². The molecule has 35 heavy (non-hydrogen) atoms. The second kappa shape index (κ2) is 12.2. The molecule has 0 radical (unpaired) electrons. The van der Waals surface area contributed by atoms with Gasteiger partial charge in [-0.1, -0.05) is 38.6 Å². The summed E-state index contributed by atoms with van der Waals surface area (Å²) in [4.78, 5) is 30.1. The van der Waals surface area contributed by atoms with E-state index >= 15 is 0 Å². The highest BCUT2D eigenvalue weighted by Crippen LogP contribution is 2.40. The number of aliphatic hydroxyl groups excluding tert-OH is 1. The van der Waals surface area contributed by atoms with Crippen LogP contribution in [0.3, 0.4) is 0 Å². The molecular weight excluding hydrogens is 444 g/mol. The first-order valence-electron chi connectivity index (χ1n) is 12.0. The Bertz CT molecular complexity index is 1070. The third-order valence-corrected chi connectivity index (χ3v) is 6.07. The fraction of sp³-hybridized carbons (Fsp3) is 0.357. The number of rotatable bonds is 12. The molecule has 7 heteroatoms. The van der Waals surface area contributed by atoms with Crippen molar-refractivity contribution in [2.45, 2.75) is 26.8 Å². The Labute approximate surface area is 207 Å². The van der Waals surface area contributed by atoms with Gasteiger partial charge in [0.15, 0.2) is 0 Å². The van der Waals surface area contributed by atoms with Crippen molar-refractivity contribution in [2.24, 2.45) is 0 Å². The molecule has 0 spiro atoms. The van der Waals surface area contributed by atoms with Crippen molar-refractivity contribution in [3.8, 4) is 11.5 Å². The van der Waals surface area contributed by atoms with Crippen LogP contribution in [-0.4, -0.2) is 66.0 Å². The van der Waals surface area contributed by atoms with Crippen LogP contribution in [0.5, 0.6) is 11.5 Å². The molecule has 7 nitrogen and oxygen atoms in total. The molecule has 3 rings (SSSR count). The average molecular weight is 479 g/mol. The Balaban J connectivity index is 2.07. The van der Waals surface area contributed by atoms with Crippen LogP contribution in [-0.2, 0) is 9.59 Å². The smallest absolute Gasteiger partial charge is 0.295 e. The number of likely N-dealkylation sites (tertiary alicyclic amines) is 1. The number of ether oxygens (including phenoxy) is 2. The van der Waals surface area contributed by atoms with Crippen molar-refractivity contribution in [3.63, 3.8) is 0 Å². The predicted molar refractivity (Wildman–Crippen MR) is 137 cm³/mol. The van der Waals surface area contributed by atoms with E-state index in [0.29, 0.717) is 48.9 Å². The molecule has 0 aromatic heterocycles. The van der Waals surface area contributed by atoms with Crippen molar-refractivity contribution in [1.29, 1.82) is 0 Å². The Morgan fingerprint density at radius 2 is 1.77 bits per heavy atom. The summed E-state index contributed by atoms with van der Waals surface area (Å²) in [5.74, 6) is -0.269. The Morgan fingerprint density at radius 3 is 2.40 bits per heavy atom. The van der Waals surface area contributed by atoms with Gasteiger partial charge in [-0.15, -0.1) is 0 Å². The summed E-state index contributed by atoms with van der Waals surface area (Å²) in [6, 6.07) is 13.4. The number of carbonyl (C=O) groups is 2. The van der Waals surface area contributed by atoms with Crippen LogP contribution < -0.4 is 9.47 Å². The van der Waals surface area contributed by atoms with Gasteiger partial charge in [0.2, 0.25) is 0 Å². The number of carbonyl (C=O) groups excluding carboxylic acids is 2. The van der Waals surface area contributed by atoms with Crippen molar-refractivity contribution in [1.82, 2.24) is 9.80 Å². The summed E-state index contributed by atoms with van der Waals surface area (Å²) in [5, 5.41) is 11.2. The third kappa shape index (κ3) is 5.92. The number of likely N-dealkylation sites (N-methyl/N-ethyl adjacent to an activating group) is 1. The van der Waals surface area contributed by atoms with Crippen LogP contribution in [0.15, 0.2) is 66.8 Å². The largest absolute Gasteiger partial charge is 0.507 e. The van der Waals surface area contributed by atoms with Crippen LogP contribution in [0.1, 0.15) is 37.9 Å². The van der Waals surface area contributed by atoms with Crippen LogP contribution in [0.2, 0.25) is 0 Å². The summed E-state index contributed by atoms with van der Waals surface area (Å²) in [6.45, 7) is 13.2. The summed E-state index contributed by atoms with van der Waals surface area (Å²) in [7, 11) is 0. The Morgan fingerprint density at radius 1 is 1.06 bits per heavy atom. The maximum atomic E-state index is 13.2. The van der Waals surface area contributed by atoms with Crippen molar-refractivity contribution >= 4 is 17.4 Å². The standard InChI is InChI=1S/C28H34N2O5/c1-5-18-35-23-11-9-10-21(19-23)25-24(26(31)20-12-14-22(15-13-20)34-8-4)27(32)28(33)30(25)17-16-29(6-2)7-3/h5,9-15,19,25,31H,1,6-8,16-18H2,2-4H3/t25-/m0/s1. The maximum absolute atomic E-state index is 13.2. The molecular formula is C28H34N2O5. The van der Waals surface area contributed by atoms with E-state index in [4.69, 9.17) is 9.47 Å². The van der Waals surface area contributed by atoms with Gasteiger partial charge in [0.05, 0.1) is 18.2 Å². The van der Waals surface area contributed by atoms with E-state index in [1.54, 1.807) is 41.3 Å². The van der Waals surface area contributed by atoms with E-state index in [1.807, 2.05) is 25.1 Å². The molecule has 0 bridgehead atoms. The summed E-state index contributed by atoms with van der Waals surface area (Å²) in [5.41, 5.74) is 1.21. The summed E-state index contributed by atoms with van der Waals surface area (Å²) < 4.78 is 11.2. The molecule has 186 valence electrons. The predicted octanol–water partition coefficient (Wildman–Crippen LogP) is 4.41. The SMILES string of the molecule is C=CCOc1cccc([C@H]2C(=C(O)c3ccc(OCC)cc3)C(=O)C(=O)N2CCN(CC)CC)c1. The molecule has 2 aromatic carbocycles. The highest BCUT2D eigenvalue weighted by atomic mass is 16.5. The number of hydrogen-bond donors (Lipinski definition) is 1. The normalized spacial score (nSPS) is 17.1. The molecule has 1 heterocycles. The molecule has 2 aromatic rings. The van der Waals surface area contributed by atoms with Crippen LogP contribution >= 0.6 is 0 Å². The second-order valence-electron chi connectivity index (χ2n) is 8.15. The topological polar surface area (TPSA) is 79.3 Å². The lowest BCUT2D eigenvalue weighted by atomic mass is 9.95. The van der Waals surface area contributed by atoms with Crippen molar-refractivity contribution in [2.75, 3.05) is 39.4 Å². The zero-order chi connectivity index (χ0) is 25.4. The van der Waals surface area contributed by atoms with Gasteiger partial charge in [0.1, 0.15) is 23.9 Å². The fourth-order valence-electron chi connectivity index (χ4n) is 4.21. The zero-order valence-electron chi connectivity index (χ0n) is 20.7. The van der Waals surface area contributed by atoms with E-state index in [2.05, 4.69) is 25.3 Å². The molecule has 1 fully saturated rings. The van der Waals surface area contributed by atoms with E-state index in [9.17, 15) is 14.7 Å². The molecule has 0 aliphatic carbocycles. The lowest BCUT2D eigenvalue weighted by Crippen LogP contribution is -2.38. The average Bonchev–Trinajstić information content (AvgIpc) is 3.13. The highest BCUT2D eigenvalue weighted by Gasteiger charge is 2.46. The van der Waals surface area contributed by atoms with Gasteiger partial charge in [-0.2, -0.15) is 0 Å². The molecule has 1 saturated heterocycles. The molecule has 0 saturated carbocycles. The van der Waals surface area contributed by atoms with Crippen LogP contribution in [0.25, 0.3) is 5.76 Å². The quantitative estimate of drug-likeness (QED) is 0.211. The number of ketones is 1. The van der Waals surface area contributed by atoms with E-state index in [0.717, 1.165) is 13.1 Å². The molecule has 1 atom stereocenters. The van der Waals surface area contributed by atoms with Gasteiger partial charge >= 0.3 is 0 Å². The molecule has 1 N–H and O–H groups in total. The number of hydrogen-bond acceptors (Lipinski definition) is 6. The molecule has 1 aliphatic rings. The van der Waals surface area contributed by atoms with Crippen molar-refractivity contribution < 1.29 is 24.2 Å². The minimum atomic E-state index is -0.732. The first-order chi connectivity index (χ1) is 16.9. The lowest BCUT2D eigenvalue weighted by Gasteiger charge is -2.28. The maximum Gasteiger partial charge on any atom is 0.295 e.